The van der Waals surface area contributed by atoms with Gasteiger partial charge in [-0.05, 0) is 12.8 Å². The SMILES string of the molecule is O=C(Cn1cnc(-c2cccc([N+](=O)[O-])c2)n1)C1CCCCC1. The van der Waals surface area contributed by atoms with E-state index in [-0.39, 0.29) is 23.9 Å². The second-order valence-corrected chi connectivity index (χ2v) is 5.87. The molecule has 0 aliphatic heterocycles. The number of nitro benzene ring substituents is 1. The molecule has 0 N–H and O–H groups in total. The molecule has 1 aliphatic rings. The van der Waals surface area contributed by atoms with Crippen molar-refractivity contribution in [1.29, 1.82) is 0 Å². The first-order chi connectivity index (χ1) is 11.1. The summed E-state index contributed by atoms with van der Waals surface area (Å²) in [5.74, 6) is 0.722. The van der Waals surface area contributed by atoms with Crippen molar-refractivity contribution < 1.29 is 9.72 Å². The van der Waals surface area contributed by atoms with Crippen molar-refractivity contribution in [2.24, 2.45) is 5.92 Å². The number of aromatic nitrogens is 3. The summed E-state index contributed by atoms with van der Waals surface area (Å²) in [6.07, 6.45) is 6.88. The van der Waals surface area contributed by atoms with Crippen LogP contribution in [0.3, 0.4) is 0 Å². The Morgan fingerprint density at radius 3 is 2.83 bits per heavy atom. The molecule has 0 saturated heterocycles. The number of benzene rings is 1. The summed E-state index contributed by atoms with van der Waals surface area (Å²) in [5.41, 5.74) is 0.570. The minimum atomic E-state index is -0.451. The van der Waals surface area contributed by atoms with Crippen molar-refractivity contribution >= 4 is 11.5 Å². The highest BCUT2D eigenvalue weighted by Gasteiger charge is 2.21. The van der Waals surface area contributed by atoms with Crippen LogP contribution in [0.25, 0.3) is 11.4 Å². The number of Topliss-reactive ketones (excluding diaryl/α,β-unsaturated/α-hetero) is 1. The summed E-state index contributed by atoms with van der Waals surface area (Å²) in [7, 11) is 0. The zero-order valence-corrected chi connectivity index (χ0v) is 12.7. The zero-order valence-electron chi connectivity index (χ0n) is 12.7. The van der Waals surface area contributed by atoms with Crippen LogP contribution in [0, 0.1) is 16.0 Å². The number of hydrogen-bond donors (Lipinski definition) is 0. The average Bonchev–Trinajstić information content (AvgIpc) is 3.04. The van der Waals surface area contributed by atoms with Crippen LogP contribution in [-0.2, 0) is 11.3 Å². The van der Waals surface area contributed by atoms with Gasteiger partial charge in [0.1, 0.15) is 12.9 Å². The van der Waals surface area contributed by atoms with Crippen LogP contribution in [0.1, 0.15) is 32.1 Å². The Hall–Kier alpha value is -2.57. The van der Waals surface area contributed by atoms with E-state index in [1.165, 1.54) is 29.6 Å². The number of nitrogens with zero attached hydrogens (tertiary/aromatic N) is 4. The van der Waals surface area contributed by atoms with Gasteiger partial charge in [-0.1, -0.05) is 31.4 Å². The van der Waals surface area contributed by atoms with Crippen LogP contribution in [-0.4, -0.2) is 25.5 Å². The van der Waals surface area contributed by atoms with E-state index in [4.69, 9.17) is 0 Å². The van der Waals surface area contributed by atoms with Crippen LogP contribution in [0.5, 0.6) is 0 Å². The lowest BCUT2D eigenvalue weighted by Gasteiger charge is -2.19. The lowest BCUT2D eigenvalue weighted by atomic mass is 9.86. The summed E-state index contributed by atoms with van der Waals surface area (Å²) in [6.45, 7) is 0.215. The Balaban J connectivity index is 1.71. The minimum Gasteiger partial charge on any atom is -0.297 e. The highest BCUT2D eigenvalue weighted by Crippen LogP contribution is 2.25. The summed E-state index contributed by atoms with van der Waals surface area (Å²) in [5, 5.41) is 15.1. The maximum Gasteiger partial charge on any atom is 0.270 e. The fourth-order valence-corrected chi connectivity index (χ4v) is 2.97. The van der Waals surface area contributed by atoms with Crippen LogP contribution in [0.4, 0.5) is 5.69 Å². The molecule has 7 nitrogen and oxygen atoms in total. The third kappa shape index (κ3) is 3.61. The molecule has 0 radical (unpaired) electrons. The molecule has 1 aliphatic carbocycles. The van der Waals surface area contributed by atoms with E-state index >= 15 is 0 Å². The highest BCUT2D eigenvalue weighted by molar-refractivity contribution is 5.80. The molecular formula is C16H18N4O3. The highest BCUT2D eigenvalue weighted by atomic mass is 16.6. The van der Waals surface area contributed by atoms with Crippen molar-refractivity contribution in [3.05, 3.63) is 40.7 Å². The summed E-state index contributed by atoms with van der Waals surface area (Å²) in [4.78, 5) is 26.8. The van der Waals surface area contributed by atoms with E-state index in [0.29, 0.717) is 11.4 Å². The molecule has 2 aromatic rings. The molecule has 0 bridgehead atoms. The van der Waals surface area contributed by atoms with Crippen LogP contribution < -0.4 is 0 Å². The number of carbonyl (C=O) groups is 1. The maximum atomic E-state index is 12.3. The van der Waals surface area contributed by atoms with E-state index in [9.17, 15) is 14.9 Å². The Kier molecular flexibility index (Phi) is 4.45. The molecule has 120 valence electrons. The minimum absolute atomic E-state index is 0.00266. The Morgan fingerprint density at radius 2 is 2.09 bits per heavy atom. The van der Waals surface area contributed by atoms with Crippen molar-refractivity contribution in [3.8, 4) is 11.4 Å². The number of non-ortho nitro benzene ring substituents is 1. The Bertz CT molecular complexity index is 720. The summed E-state index contributed by atoms with van der Waals surface area (Å²) < 4.78 is 1.52. The van der Waals surface area contributed by atoms with Gasteiger partial charge in [-0.25, -0.2) is 9.67 Å². The third-order valence-electron chi connectivity index (χ3n) is 4.23. The van der Waals surface area contributed by atoms with Crippen molar-refractivity contribution in [1.82, 2.24) is 14.8 Å². The first-order valence-electron chi connectivity index (χ1n) is 7.80. The van der Waals surface area contributed by atoms with Gasteiger partial charge in [0.15, 0.2) is 11.6 Å². The molecule has 0 atom stereocenters. The van der Waals surface area contributed by atoms with E-state index in [1.54, 1.807) is 12.1 Å². The predicted octanol–water partition coefficient (Wildman–Crippen LogP) is 3.00. The molecule has 1 aromatic heterocycles. The Morgan fingerprint density at radius 1 is 1.30 bits per heavy atom. The number of carbonyl (C=O) groups excluding carboxylic acids is 1. The molecule has 1 saturated carbocycles. The van der Waals surface area contributed by atoms with Gasteiger partial charge < -0.3 is 0 Å². The van der Waals surface area contributed by atoms with Crippen molar-refractivity contribution in [2.45, 2.75) is 38.6 Å². The van der Waals surface area contributed by atoms with Crippen LogP contribution in [0.15, 0.2) is 30.6 Å². The fourth-order valence-electron chi connectivity index (χ4n) is 2.97. The van der Waals surface area contributed by atoms with Crippen molar-refractivity contribution in [2.75, 3.05) is 0 Å². The van der Waals surface area contributed by atoms with E-state index in [1.807, 2.05) is 0 Å². The monoisotopic (exact) mass is 314 g/mol. The van der Waals surface area contributed by atoms with Crippen LogP contribution in [0.2, 0.25) is 0 Å². The van der Waals surface area contributed by atoms with Gasteiger partial charge in [0, 0.05) is 23.6 Å². The van der Waals surface area contributed by atoms with Gasteiger partial charge in [-0.3, -0.25) is 14.9 Å². The van der Waals surface area contributed by atoms with Gasteiger partial charge in [0.25, 0.3) is 5.69 Å². The second-order valence-electron chi connectivity index (χ2n) is 5.87. The molecule has 1 heterocycles. The van der Waals surface area contributed by atoms with Crippen molar-refractivity contribution in [3.63, 3.8) is 0 Å². The normalized spacial score (nSPS) is 15.5. The first-order valence-corrected chi connectivity index (χ1v) is 7.80. The molecule has 1 fully saturated rings. The van der Waals surface area contributed by atoms with Gasteiger partial charge in [-0.15, -0.1) is 0 Å². The number of hydrogen-bond acceptors (Lipinski definition) is 5. The first kappa shape index (κ1) is 15.3. The quantitative estimate of drug-likeness (QED) is 0.625. The smallest absolute Gasteiger partial charge is 0.270 e. The molecule has 0 spiro atoms. The number of rotatable bonds is 5. The molecule has 0 amide bonds. The molecule has 7 heteroatoms. The topological polar surface area (TPSA) is 90.9 Å². The van der Waals surface area contributed by atoms with E-state index in [0.717, 1.165) is 25.7 Å². The van der Waals surface area contributed by atoms with Gasteiger partial charge >= 0.3 is 0 Å². The predicted molar refractivity (Wildman–Crippen MR) is 83.7 cm³/mol. The van der Waals surface area contributed by atoms with Gasteiger partial charge in [0.05, 0.1) is 4.92 Å². The van der Waals surface area contributed by atoms with Gasteiger partial charge in [0.2, 0.25) is 0 Å². The molecule has 1 aromatic carbocycles. The average molecular weight is 314 g/mol. The molecule has 0 unspecified atom stereocenters. The standard InChI is InChI=1S/C16H18N4O3/c21-15(12-5-2-1-3-6-12)10-19-11-17-16(18-19)13-7-4-8-14(9-13)20(22)23/h4,7-9,11-12H,1-3,5-6,10H2. The lowest BCUT2D eigenvalue weighted by Crippen LogP contribution is -2.22. The number of ketones is 1. The summed E-state index contributed by atoms with van der Waals surface area (Å²) >= 11 is 0. The molecule has 3 rings (SSSR count). The van der Waals surface area contributed by atoms with Crippen LogP contribution >= 0.6 is 0 Å². The van der Waals surface area contributed by atoms with E-state index in [2.05, 4.69) is 10.1 Å². The van der Waals surface area contributed by atoms with Gasteiger partial charge in [-0.2, -0.15) is 5.10 Å². The lowest BCUT2D eigenvalue weighted by molar-refractivity contribution is -0.384. The number of nitro groups is 1. The molecule has 23 heavy (non-hydrogen) atoms. The third-order valence-corrected chi connectivity index (χ3v) is 4.23. The fraction of sp³-hybridized carbons (Fsp3) is 0.438. The summed E-state index contributed by atoms with van der Waals surface area (Å²) in [6, 6.07) is 6.17. The largest absolute Gasteiger partial charge is 0.297 e. The van der Waals surface area contributed by atoms with E-state index < -0.39 is 4.92 Å². The molecular weight excluding hydrogens is 296 g/mol. The second kappa shape index (κ2) is 6.68. The Labute approximate surface area is 133 Å². The zero-order chi connectivity index (χ0) is 16.2. The maximum absolute atomic E-state index is 12.3.